The van der Waals surface area contributed by atoms with Crippen molar-refractivity contribution >= 4 is 5.91 Å². The lowest BCUT2D eigenvalue weighted by Gasteiger charge is -2.15. The first-order valence-corrected chi connectivity index (χ1v) is 10.4. The van der Waals surface area contributed by atoms with Crippen LogP contribution in [0.4, 0.5) is 0 Å². The number of amides is 1. The van der Waals surface area contributed by atoms with Crippen LogP contribution in [-0.2, 0) is 24.0 Å². The summed E-state index contributed by atoms with van der Waals surface area (Å²) in [5.41, 5.74) is 7.84. The Morgan fingerprint density at radius 3 is 2.33 bits per heavy atom. The lowest BCUT2D eigenvalue weighted by atomic mass is 10.0. The van der Waals surface area contributed by atoms with Gasteiger partial charge in [-0.1, -0.05) is 44.0 Å². The number of benzene rings is 1. The predicted molar refractivity (Wildman–Crippen MR) is 109 cm³/mol. The Kier molecular flexibility index (Phi) is 7.54. The maximum absolute atomic E-state index is 11.8. The Bertz CT molecular complexity index is 838. The van der Waals surface area contributed by atoms with Gasteiger partial charge >= 0.3 is 0 Å². The molecule has 0 aliphatic carbocycles. The summed E-state index contributed by atoms with van der Waals surface area (Å²) >= 11 is 0. The number of nitrogens with two attached hydrogens (primary N) is 1. The van der Waals surface area contributed by atoms with Crippen molar-refractivity contribution in [3.8, 4) is 0 Å². The zero-order valence-electron chi connectivity index (χ0n) is 17.1. The molecule has 4 atom stereocenters. The Morgan fingerprint density at radius 1 is 1.10 bits per heavy atom. The number of nitrogens with zero attached hydrogens (tertiary/aromatic N) is 3. The van der Waals surface area contributed by atoms with Crippen LogP contribution in [0.25, 0.3) is 0 Å². The second-order valence-corrected chi connectivity index (χ2v) is 7.66. The molecule has 0 spiro atoms. The average molecular weight is 418 g/mol. The zero-order valence-corrected chi connectivity index (χ0v) is 17.1. The smallest absolute Gasteiger partial charge is 0.286 e. The first-order chi connectivity index (χ1) is 14.4. The number of hydrogen-bond acceptors (Lipinski definition) is 7. The van der Waals surface area contributed by atoms with Crippen molar-refractivity contribution in [2.75, 3.05) is 6.61 Å². The first kappa shape index (κ1) is 22.4. The molecule has 1 aliphatic rings. The molecule has 0 unspecified atom stereocenters. The van der Waals surface area contributed by atoms with Gasteiger partial charge in [-0.2, -0.15) is 5.10 Å². The second kappa shape index (κ2) is 10.1. The quantitative estimate of drug-likeness (QED) is 0.411. The van der Waals surface area contributed by atoms with Gasteiger partial charge in [-0.15, -0.1) is 0 Å². The van der Waals surface area contributed by atoms with E-state index in [9.17, 15) is 20.1 Å². The van der Waals surface area contributed by atoms with E-state index in [1.54, 1.807) is 0 Å². The third-order valence-corrected chi connectivity index (χ3v) is 5.38. The van der Waals surface area contributed by atoms with Gasteiger partial charge in [0.15, 0.2) is 12.1 Å². The maximum Gasteiger partial charge on any atom is 0.286 e. The van der Waals surface area contributed by atoms with Crippen LogP contribution in [-0.4, -0.2) is 60.9 Å². The van der Waals surface area contributed by atoms with Crippen LogP contribution < -0.4 is 5.73 Å². The fourth-order valence-electron chi connectivity index (χ4n) is 3.61. The van der Waals surface area contributed by atoms with Gasteiger partial charge in [0.1, 0.15) is 18.3 Å². The molecule has 1 fully saturated rings. The number of aliphatic hydroxyl groups excluding tert-OH is 3. The fourth-order valence-corrected chi connectivity index (χ4v) is 3.61. The molecular weight excluding hydrogens is 388 g/mol. The molecule has 1 aliphatic heterocycles. The molecule has 0 radical (unpaired) electrons. The van der Waals surface area contributed by atoms with E-state index in [1.807, 2.05) is 0 Å². The van der Waals surface area contributed by atoms with Crippen molar-refractivity contribution in [2.45, 2.75) is 70.0 Å². The number of unbranched alkanes of at least 4 members (excludes halogenated alkanes) is 2. The second-order valence-electron chi connectivity index (χ2n) is 7.66. The van der Waals surface area contributed by atoms with Crippen LogP contribution in [0.1, 0.15) is 60.0 Å². The summed E-state index contributed by atoms with van der Waals surface area (Å²) in [6.07, 6.45) is 1.05. The number of carbonyl (C=O) groups is 1. The Morgan fingerprint density at radius 2 is 1.77 bits per heavy atom. The van der Waals surface area contributed by atoms with Gasteiger partial charge in [0.25, 0.3) is 5.91 Å². The van der Waals surface area contributed by atoms with Crippen LogP contribution in [0.2, 0.25) is 0 Å². The SMILES string of the molecule is CCCCCc1ccc(CCc2nc(C(N)=O)n([C@@H]3O[C@H](CO)[C@@H](O)[C@H]3O)n2)cc1. The van der Waals surface area contributed by atoms with E-state index in [4.69, 9.17) is 10.5 Å². The van der Waals surface area contributed by atoms with E-state index in [1.165, 1.54) is 24.8 Å². The zero-order chi connectivity index (χ0) is 21.7. The Balaban J connectivity index is 1.67. The number of aryl methyl sites for hydroxylation is 3. The highest BCUT2D eigenvalue weighted by molar-refractivity contribution is 5.89. The summed E-state index contributed by atoms with van der Waals surface area (Å²) in [6, 6.07) is 8.43. The summed E-state index contributed by atoms with van der Waals surface area (Å²) < 4.78 is 6.54. The van der Waals surface area contributed by atoms with Crippen molar-refractivity contribution in [1.82, 2.24) is 14.8 Å². The molecule has 2 aromatic rings. The van der Waals surface area contributed by atoms with Crippen molar-refractivity contribution in [3.05, 3.63) is 47.0 Å². The van der Waals surface area contributed by atoms with Gasteiger partial charge in [-0.05, 0) is 30.4 Å². The fraction of sp³-hybridized carbons (Fsp3) is 0.571. The summed E-state index contributed by atoms with van der Waals surface area (Å²) in [5, 5.41) is 33.7. The molecule has 9 heteroatoms. The van der Waals surface area contributed by atoms with Gasteiger partial charge in [0, 0.05) is 6.42 Å². The number of rotatable bonds is 10. The van der Waals surface area contributed by atoms with Crippen molar-refractivity contribution in [1.29, 1.82) is 0 Å². The molecule has 164 valence electrons. The number of ether oxygens (including phenoxy) is 1. The van der Waals surface area contributed by atoms with Gasteiger partial charge in [-0.25, -0.2) is 9.67 Å². The number of carbonyl (C=O) groups excluding carboxylic acids is 1. The highest BCUT2D eigenvalue weighted by Crippen LogP contribution is 2.29. The van der Waals surface area contributed by atoms with Crippen molar-refractivity contribution in [2.24, 2.45) is 5.73 Å². The molecule has 3 rings (SSSR count). The average Bonchev–Trinajstić information content (AvgIpc) is 3.29. The summed E-state index contributed by atoms with van der Waals surface area (Å²) in [6.45, 7) is 1.71. The Hall–Kier alpha value is -2.33. The molecule has 0 bridgehead atoms. The lowest BCUT2D eigenvalue weighted by Crippen LogP contribution is -2.34. The van der Waals surface area contributed by atoms with Crippen LogP contribution in [0.15, 0.2) is 24.3 Å². The van der Waals surface area contributed by atoms with Crippen molar-refractivity contribution < 1.29 is 24.9 Å². The third-order valence-electron chi connectivity index (χ3n) is 5.38. The third kappa shape index (κ3) is 5.04. The van der Waals surface area contributed by atoms with Crippen LogP contribution in [0.3, 0.4) is 0 Å². The topological polar surface area (TPSA) is 144 Å². The highest BCUT2D eigenvalue weighted by atomic mass is 16.6. The van der Waals surface area contributed by atoms with Crippen molar-refractivity contribution in [3.63, 3.8) is 0 Å². The van der Waals surface area contributed by atoms with Gasteiger partial charge in [0.2, 0.25) is 5.82 Å². The minimum absolute atomic E-state index is 0.161. The van der Waals surface area contributed by atoms with Gasteiger partial charge < -0.3 is 25.8 Å². The molecule has 1 aromatic heterocycles. The van der Waals surface area contributed by atoms with Crippen LogP contribution in [0.5, 0.6) is 0 Å². The Labute approximate surface area is 175 Å². The van der Waals surface area contributed by atoms with E-state index >= 15 is 0 Å². The van der Waals surface area contributed by atoms with Gasteiger partial charge in [0.05, 0.1) is 6.61 Å². The number of primary amides is 1. The highest BCUT2D eigenvalue weighted by Gasteiger charge is 2.45. The standard InChI is InChI=1S/C21H30N4O5/c1-2-3-4-5-13-6-8-14(9-7-13)10-11-16-23-20(19(22)29)25(24-16)21-18(28)17(27)15(12-26)30-21/h6-9,15,17-18,21,26-28H,2-5,10-12H2,1H3,(H2,22,29)/t15-,17-,18-,21-/m1/s1. The number of aliphatic hydroxyl groups is 3. The summed E-state index contributed by atoms with van der Waals surface area (Å²) in [7, 11) is 0. The monoisotopic (exact) mass is 418 g/mol. The minimum Gasteiger partial charge on any atom is -0.394 e. The van der Waals surface area contributed by atoms with Gasteiger partial charge in [-0.3, -0.25) is 4.79 Å². The molecule has 9 nitrogen and oxygen atoms in total. The van der Waals surface area contributed by atoms with E-state index in [0.29, 0.717) is 18.7 Å². The number of hydrogen-bond donors (Lipinski definition) is 4. The van der Waals surface area contributed by atoms with E-state index in [2.05, 4.69) is 41.3 Å². The van der Waals surface area contributed by atoms with Crippen LogP contribution in [0, 0.1) is 0 Å². The summed E-state index contributed by atoms with van der Waals surface area (Å²) in [5.74, 6) is -0.595. The molecule has 1 aromatic carbocycles. The molecule has 0 saturated carbocycles. The molecule has 1 amide bonds. The molecular formula is C21H30N4O5. The first-order valence-electron chi connectivity index (χ1n) is 10.4. The normalized spacial score (nSPS) is 23.7. The lowest BCUT2D eigenvalue weighted by molar-refractivity contribution is -0.0596. The maximum atomic E-state index is 11.8. The van der Waals surface area contributed by atoms with E-state index in [0.717, 1.165) is 16.7 Å². The predicted octanol–water partition coefficient (Wildman–Crippen LogP) is 0.506. The largest absolute Gasteiger partial charge is 0.394 e. The molecule has 30 heavy (non-hydrogen) atoms. The van der Waals surface area contributed by atoms with Crippen LogP contribution >= 0.6 is 0 Å². The minimum atomic E-state index is -1.37. The molecule has 2 heterocycles. The van der Waals surface area contributed by atoms with E-state index in [-0.39, 0.29) is 5.82 Å². The molecule has 1 saturated heterocycles. The molecule has 5 N–H and O–H groups in total. The number of aromatic nitrogens is 3. The van der Waals surface area contributed by atoms with E-state index < -0.39 is 37.1 Å². The summed E-state index contributed by atoms with van der Waals surface area (Å²) in [4.78, 5) is 16.0.